The largest absolute Gasteiger partial charge is 0.480 e. The first-order valence-corrected chi connectivity index (χ1v) is 6.78. The number of hydrogen-bond acceptors (Lipinski definition) is 3. The highest BCUT2D eigenvalue weighted by atomic mass is 16.4. The second kappa shape index (κ2) is 7.42. The van der Waals surface area contributed by atoms with Gasteiger partial charge in [0.05, 0.1) is 0 Å². The molecule has 0 fully saturated rings. The van der Waals surface area contributed by atoms with Gasteiger partial charge >= 0.3 is 5.97 Å². The van der Waals surface area contributed by atoms with Crippen LogP contribution in [-0.4, -0.2) is 28.9 Å². The molecule has 1 aromatic rings. The van der Waals surface area contributed by atoms with Crippen LogP contribution in [0.1, 0.15) is 37.6 Å². The van der Waals surface area contributed by atoms with E-state index in [1.54, 1.807) is 39.0 Å². The molecule has 0 aliphatic rings. The predicted octanol–water partition coefficient (Wildman–Crippen LogP) is 1.87. The summed E-state index contributed by atoms with van der Waals surface area (Å²) >= 11 is 0. The summed E-state index contributed by atoms with van der Waals surface area (Å²) in [5, 5.41) is 14.2. The molecule has 3 N–H and O–H groups in total. The molecule has 0 heterocycles. The molecule has 0 spiro atoms. The maximum atomic E-state index is 12.1. The minimum absolute atomic E-state index is 0.154. The molecule has 1 atom stereocenters. The lowest BCUT2D eigenvalue weighted by atomic mass is 10.0. The summed E-state index contributed by atoms with van der Waals surface area (Å²) in [5.74, 6) is -1.94. The number of carbonyl (C=O) groups is 3. The van der Waals surface area contributed by atoms with Crippen molar-refractivity contribution in [3.05, 3.63) is 29.8 Å². The molecule has 0 saturated carbocycles. The first-order chi connectivity index (χ1) is 9.85. The third-order valence-corrected chi connectivity index (χ3v) is 2.95. The Balaban J connectivity index is 2.85. The summed E-state index contributed by atoms with van der Waals surface area (Å²) in [7, 11) is 0. The summed E-state index contributed by atoms with van der Waals surface area (Å²) in [6.45, 7) is 5.17. The summed E-state index contributed by atoms with van der Waals surface area (Å²) in [6, 6.07) is 5.43. The Bertz CT molecular complexity index is 540. The van der Waals surface area contributed by atoms with Gasteiger partial charge in [0.15, 0.2) is 0 Å². The van der Waals surface area contributed by atoms with Gasteiger partial charge in [0, 0.05) is 17.7 Å². The monoisotopic (exact) mass is 292 g/mol. The first-order valence-electron chi connectivity index (χ1n) is 6.78. The van der Waals surface area contributed by atoms with Gasteiger partial charge in [0.25, 0.3) is 5.91 Å². The fraction of sp³-hybridized carbons (Fsp3) is 0.400. The smallest absolute Gasteiger partial charge is 0.326 e. The highest BCUT2D eigenvalue weighted by Gasteiger charge is 2.23. The Morgan fingerprint density at radius 1 is 1.24 bits per heavy atom. The molecule has 1 rings (SSSR count). The molecule has 2 amide bonds. The number of aliphatic carboxylic acids is 1. The molecule has 6 heteroatoms. The van der Waals surface area contributed by atoms with Crippen molar-refractivity contribution in [2.45, 2.75) is 33.2 Å². The van der Waals surface area contributed by atoms with Crippen molar-refractivity contribution in [2.24, 2.45) is 5.92 Å². The minimum Gasteiger partial charge on any atom is -0.480 e. The number of carboxylic acid groups (broad SMARTS) is 1. The van der Waals surface area contributed by atoms with Gasteiger partial charge in [-0.1, -0.05) is 26.8 Å². The second-order valence-corrected chi connectivity index (χ2v) is 5.02. The van der Waals surface area contributed by atoms with Crippen molar-refractivity contribution in [3.8, 4) is 0 Å². The number of anilines is 1. The lowest BCUT2D eigenvalue weighted by molar-refractivity contribution is -0.140. The van der Waals surface area contributed by atoms with Gasteiger partial charge in [-0.3, -0.25) is 9.59 Å². The standard InChI is InChI=1S/C15H20N2O4/c1-4-12(18)16-11-7-5-6-10(8-11)14(19)17-13(9(2)3)15(20)21/h5-9,13H,4H2,1-3H3,(H,16,18)(H,17,19)(H,20,21). The van der Waals surface area contributed by atoms with E-state index in [0.717, 1.165) is 0 Å². The Kier molecular flexibility index (Phi) is 5.90. The van der Waals surface area contributed by atoms with E-state index >= 15 is 0 Å². The van der Waals surface area contributed by atoms with Crippen LogP contribution in [0.5, 0.6) is 0 Å². The van der Waals surface area contributed by atoms with E-state index in [0.29, 0.717) is 17.7 Å². The van der Waals surface area contributed by atoms with Crippen LogP contribution in [0.25, 0.3) is 0 Å². The lowest BCUT2D eigenvalue weighted by Gasteiger charge is -2.18. The fourth-order valence-electron chi connectivity index (χ4n) is 1.73. The Labute approximate surface area is 123 Å². The van der Waals surface area contributed by atoms with Gasteiger partial charge in [-0.25, -0.2) is 4.79 Å². The lowest BCUT2D eigenvalue weighted by Crippen LogP contribution is -2.44. The van der Waals surface area contributed by atoms with E-state index in [4.69, 9.17) is 5.11 Å². The fourth-order valence-corrected chi connectivity index (χ4v) is 1.73. The molecule has 6 nitrogen and oxygen atoms in total. The van der Waals surface area contributed by atoms with Crippen molar-refractivity contribution in [3.63, 3.8) is 0 Å². The quantitative estimate of drug-likeness (QED) is 0.746. The van der Waals surface area contributed by atoms with Crippen molar-refractivity contribution >= 4 is 23.5 Å². The summed E-state index contributed by atoms with van der Waals surface area (Å²) in [4.78, 5) is 34.5. The van der Waals surface area contributed by atoms with Crippen LogP contribution in [0.4, 0.5) is 5.69 Å². The number of carboxylic acids is 1. The predicted molar refractivity (Wildman–Crippen MR) is 79.1 cm³/mol. The third-order valence-electron chi connectivity index (χ3n) is 2.95. The number of amides is 2. The van der Waals surface area contributed by atoms with E-state index in [1.807, 2.05) is 0 Å². The summed E-state index contributed by atoms with van der Waals surface area (Å²) < 4.78 is 0. The van der Waals surface area contributed by atoms with Crippen molar-refractivity contribution in [2.75, 3.05) is 5.32 Å². The zero-order valence-electron chi connectivity index (χ0n) is 12.3. The average molecular weight is 292 g/mol. The molecule has 1 unspecified atom stereocenters. The van der Waals surface area contributed by atoms with E-state index in [-0.39, 0.29) is 11.8 Å². The van der Waals surface area contributed by atoms with Gasteiger partial charge in [-0.15, -0.1) is 0 Å². The van der Waals surface area contributed by atoms with Crippen molar-refractivity contribution in [1.82, 2.24) is 5.32 Å². The normalized spacial score (nSPS) is 11.8. The van der Waals surface area contributed by atoms with Crippen LogP contribution >= 0.6 is 0 Å². The molecule has 21 heavy (non-hydrogen) atoms. The third kappa shape index (κ3) is 4.91. The van der Waals surface area contributed by atoms with Crippen LogP contribution < -0.4 is 10.6 Å². The van der Waals surface area contributed by atoms with Crippen LogP contribution in [0.2, 0.25) is 0 Å². The SMILES string of the molecule is CCC(=O)Nc1cccc(C(=O)NC(C(=O)O)C(C)C)c1. The van der Waals surface area contributed by atoms with Gasteiger partial charge in [0.2, 0.25) is 5.91 Å². The molecule has 0 aromatic heterocycles. The summed E-state index contributed by atoms with van der Waals surface area (Å²) in [6.07, 6.45) is 0.338. The molecule has 0 saturated heterocycles. The van der Waals surface area contributed by atoms with Crippen LogP contribution in [0.15, 0.2) is 24.3 Å². The maximum Gasteiger partial charge on any atom is 0.326 e. The van der Waals surface area contributed by atoms with Gasteiger partial charge in [-0.2, -0.15) is 0 Å². The second-order valence-electron chi connectivity index (χ2n) is 5.02. The van der Waals surface area contributed by atoms with Gasteiger partial charge < -0.3 is 15.7 Å². The topological polar surface area (TPSA) is 95.5 Å². The number of nitrogens with one attached hydrogen (secondary N) is 2. The Morgan fingerprint density at radius 3 is 2.43 bits per heavy atom. The zero-order valence-corrected chi connectivity index (χ0v) is 12.3. The van der Waals surface area contributed by atoms with Crippen LogP contribution in [-0.2, 0) is 9.59 Å². The Morgan fingerprint density at radius 2 is 1.90 bits per heavy atom. The van der Waals surface area contributed by atoms with E-state index in [9.17, 15) is 14.4 Å². The molecule has 0 aliphatic heterocycles. The van der Waals surface area contributed by atoms with Crippen molar-refractivity contribution < 1.29 is 19.5 Å². The molecule has 0 bridgehead atoms. The van der Waals surface area contributed by atoms with E-state index in [2.05, 4.69) is 10.6 Å². The molecular weight excluding hydrogens is 272 g/mol. The summed E-state index contributed by atoms with van der Waals surface area (Å²) in [5.41, 5.74) is 0.807. The Hall–Kier alpha value is -2.37. The number of benzene rings is 1. The van der Waals surface area contributed by atoms with Crippen LogP contribution in [0, 0.1) is 5.92 Å². The number of rotatable bonds is 6. The highest BCUT2D eigenvalue weighted by molar-refractivity contribution is 5.98. The van der Waals surface area contributed by atoms with E-state index < -0.39 is 17.9 Å². The number of carbonyl (C=O) groups excluding carboxylic acids is 2. The highest BCUT2D eigenvalue weighted by Crippen LogP contribution is 2.12. The molecule has 114 valence electrons. The molecular formula is C15H20N2O4. The molecule has 1 aromatic carbocycles. The van der Waals surface area contributed by atoms with Crippen LogP contribution in [0.3, 0.4) is 0 Å². The number of hydrogen-bond donors (Lipinski definition) is 3. The first kappa shape index (κ1) is 16.7. The van der Waals surface area contributed by atoms with Crippen molar-refractivity contribution in [1.29, 1.82) is 0 Å². The minimum atomic E-state index is -1.08. The zero-order chi connectivity index (χ0) is 16.0. The average Bonchev–Trinajstić information content (AvgIpc) is 2.43. The maximum absolute atomic E-state index is 12.1. The van der Waals surface area contributed by atoms with Gasteiger partial charge in [0.1, 0.15) is 6.04 Å². The molecule has 0 radical (unpaired) electrons. The van der Waals surface area contributed by atoms with E-state index in [1.165, 1.54) is 6.07 Å². The van der Waals surface area contributed by atoms with Gasteiger partial charge in [-0.05, 0) is 24.1 Å². The molecule has 0 aliphatic carbocycles.